The summed E-state index contributed by atoms with van der Waals surface area (Å²) in [5.74, 6) is 0. The number of anilines is 3. The van der Waals surface area contributed by atoms with Crippen molar-refractivity contribution in [1.82, 2.24) is 4.98 Å². The van der Waals surface area contributed by atoms with E-state index < -0.39 is 22.7 Å². The number of pyridine rings is 1. The Balaban J connectivity index is 0.00000289. The first-order valence-corrected chi connectivity index (χ1v) is 11.6. The van der Waals surface area contributed by atoms with E-state index in [1.807, 2.05) is 48.5 Å². The van der Waals surface area contributed by atoms with Crippen molar-refractivity contribution in [3.63, 3.8) is 0 Å². The van der Waals surface area contributed by atoms with Crippen LogP contribution in [0.3, 0.4) is 0 Å². The number of fused-ring (bicyclic) bond motifs is 2. The molecule has 1 atom stereocenters. The van der Waals surface area contributed by atoms with Crippen LogP contribution in [0.2, 0.25) is 0 Å². The Bertz CT molecular complexity index is 1280. The van der Waals surface area contributed by atoms with Gasteiger partial charge in [-0.3, -0.25) is 4.31 Å². The summed E-state index contributed by atoms with van der Waals surface area (Å²) < 4.78 is 25.4. The van der Waals surface area contributed by atoms with Crippen molar-refractivity contribution in [2.45, 2.75) is 6.10 Å². The molecule has 0 bridgehead atoms. The van der Waals surface area contributed by atoms with Gasteiger partial charge in [0.05, 0.1) is 47.9 Å². The number of halogens is 1. The third kappa shape index (κ3) is 5.02. The maximum Gasteiger partial charge on any atom is 0.232 e. The van der Waals surface area contributed by atoms with Crippen molar-refractivity contribution in [3.8, 4) is 0 Å². The van der Waals surface area contributed by atoms with Crippen LogP contribution in [0.25, 0.3) is 21.8 Å². The molecule has 0 aliphatic carbocycles. The fraction of sp³-hybridized carbons (Fsp3) is 0.174. The van der Waals surface area contributed by atoms with E-state index in [-0.39, 0.29) is 23.5 Å². The van der Waals surface area contributed by atoms with Gasteiger partial charge >= 0.3 is 0 Å². The van der Waals surface area contributed by atoms with E-state index in [1.54, 1.807) is 24.3 Å². The van der Waals surface area contributed by atoms with Crippen molar-refractivity contribution < 1.29 is 18.6 Å². The average Bonchev–Trinajstić information content (AvgIpc) is 2.77. The van der Waals surface area contributed by atoms with Crippen molar-refractivity contribution >= 4 is 65.9 Å². The fourth-order valence-electron chi connectivity index (χ4n) is 3.51. The second-order valence-corrected chi connectivity index (χ2v) is 9.23. The van der Waals surface area contributed by atoms with Gasteiger partial charge < -0.3 is 15.5 Å². The first-order chi connectivity index (χ1) is 14.9. The normalized spacial score (nSPS) is 12.3. The first-order valence-electron chi connectivity index (χ1n) is 9.78. The van der Waals surface area contributed by atoms with E-state index in [0.29, 0.717) is 5.69 Å². The smallest absolute Gasteiger partial charge is 0.232 e. The lowest BCUT2D eigenvalue weighted by Crippen LogP contribution is -2.38. The van der Waals surface area contributed by atoms with Gasteiger partial charge in [0.15, 0.2) is 0 Å². The Morgan fingerprint density at radius 1 is 0.938 bits per heavy atom. The molecule has 0 radical (unpaired) electrons. The summed E-state index contributed by atoms with van der Waals surface area (Å²) in [6.45, 7) is -0.740. The quantitative estimate of drug-likeness (QED) is 0.322. The van der Waals surface area contributed by atoms with Gasteiger partial charge in [-0.25, -0.2) is 13.4 Å². The van der Waals surface area contributed by atoms with E-state index in [1.165, 1.54) is 0 Å². The SMILES string of the molecule is Br.CS(=O)(=O)N(CC(O)CO)c1ccc(Nc2c3ccccc3nc3ccccc23)cc1. The predicted octanol–water partition coefficient (Wildman–Crippen LogP) is 3.83. The summed E-state index contributed by atoms with van der Waals surface area (Å²) in [5, 5.41) is 24.2. The number of aliphatic hydroxyl groups is 2. The summed E-state index contributed by atoms with van der Waals surface area (Å²) in [4.78, 5) is 4.72. The predicted molar refractivity (Wildman–Crippen MR) is 135 cm³/mol. The van der Waals surface area contributed by atoms with Gasteiger partial charge in [0.25, 0.3) is 0 Å². The number of hydrogen-bond acceptors (Lipinski definition) is 6. The minimum Gasteiger partial charge on any atom is -0.394 e. The molecule has 0 spiro atoms. The molecule has 1 unspecified atom stereocenters. The van der Waals surface area contributed by atoms with E-state index in [9.17, 15) is 13.5 Å². The standard InChI is InChI=1S/C23H23N3O4S.BrH/c1-31(29,30)26(14-18(28)15-27)17-12-10-16(11-13-17)24-23-19-6-2-4-8-21(19)25-22-9-5-3-7-20(22)23;/h2-13,18,27-28H,14-15H2,1H3,(H,24,25);1H. The fourth-order valence-corrected chi connectivity index (χ4v) is 4.46. The Morgan fingerprint density at radius 2 is 1.47 bits per heavy atom. The molecule has 0 aliphatic rings. The zero-order chi connectivity index (χ0) is 22.0. The monoisotopic (exact) mass is 517 g/mol. The first kappa shape index (κ1) is 23.9. The number of para-hydroxylation sites is 2. The van der Waals surface area contributed by atoms with Crippen LogP contribution in [0.1, 0.15) is 0 Å². The molecule has 1 aromatic heterocycles. The van der Waals surface area contributed by atoms with Gasteiger partial charge in [0.2, 0.25) is 10.0 Å². The molecule has 168 valence electrons. The van der Waals surface area contributed by atoms with Crippen molar-refractivity contribution in [2.24, 2.45) is 0 Å². The van der Waals surface area contributed by atoms with Gasteiger partial charge in [-0.1, -0.05) is 36.4 Å². The molecule has 4 aromatic rings. The molecule has 4 rings (SSSR count). The number of nitrogens with one attached hydrogen (secondary N) is 1. The average molecular weight is 518 g/mol. The highest BCUT2D eigenvalue weighted by molar-refractivity contribution is 8.93. The molecule has 9 heteroatoms. The third-order valence-corrected chi connectivity index (χ3v) is 6.16. The maximum absolute atomic E-state index is 12.2. The van der Waals surface area contributed by atoms with Crippen molar-refractivity contribution in [3.05, 3.63) is 72.8 Å². The van der Waals surface area contributed by atoms with Crippen molar-refractivity contribution in [2.75, 3.05) is 29.0 Å². The van der Waals surface area contributed by atoms with Crippen LogP contribution in [0, 0.1) is 0 Å². The zero-order valence-electron chi connectivity index (χ0n) is 17.3. The lowest BCUT2D eigenvalue weighted by molar-refractivity contribution is 0.102. The number of hydrogen-bond donors (Lipinski definition) is 3. The highest BCUT2D eigenvalue weighted by Crippen LogP contribution is 2.33. The van der Waals surface area contributed by atoms with Crippen LogP contribution in [0.5, 0.6) is 0 Å². The topological polar surface area (TPSA) is 103 Å². The molecule has 1 heterocycles. The summed E-state index contributed by atoms with van der Waals surface area (Å²) in [5.41, 5.74) is 3.86. The molecule has 0 saturated carbocycles. The molecule has 0 amide bonds. The second-order valence-electron chi connectivity index (χ2n) is 7.32. The minimum atomic E-state index is -3.62. The lowest BCUT2D eigenvalue weighted by atomic mass is 10.1. The lowest BCUT2D eigenvalue weighted by Gasteiger charge is -2.24. The number of aromatic nitrogens is 1. The zero-order valence-corrected chi connectivity index (χ0v) is 19.9. The van der Waals surface area contributed by atoms with Gasteiger partial charge in [-0.05, 0) is 36.4 Å². The third-order valence-electron chi connectivity index (χ3n) is 5.00. The highest BCUT2D eigenvalue weighted by atomic mass is 79.9. The number of sulfonamides is 1. The van der Waals surface area contributed by atoms with Crippen LogP contribution in [0.4, 0.5) is 17.1 Å². The summed E-state index contributed by atoms with van der Waals surface area (Å²) >= 11 is 0. The maximum atomic E-state index is 12.2. The minimum absolute atomic E-state index is 0. The van der Waals surface area contributed by atoms with E-state index in [2.05, 4.69) is 5.32 Å². The Labute approximate surface area is 197 Å². The van der Waals surface area contributed by atoms with Gasteiger partial charge in [-0.2, -0.15) is 0 Å². The highest BCUT2D eigenvalue weighted by Gasteiger charge is 2.20. The molecule has 0 fully saturated rings. The van der Waals surface area contributed by atoms with Crippen molar-refractivity contribution in [1.29, 1.82) is 0 Å². The molecule has 7 nitrogen and oxygen atoms in total. The molecule has 0 saturated heterocycles. The summed E-state index contributed by atoms with van der Waals surface area (Å²) in [6, 6.07) is 22.7. The van der Waals surface area contributed by atoms with Crippen LogP contribution >= 0.6 is 17.0 Å². The van der Waals surface area contributed by atoms with E-state index >= 15 is 0 Å². The molecular formula is C23H24BrN3O4S. The van der Waals surface area contributed by atoms with Gasteiger partial charge in [-0.15, -0.1) is 17.0 Å². The summed E-state index contributed by atoms with van der Waals surface area (Å²) in [6.07, 6.45) is -0.0968. The molecular weight excluding hydrogens is 494 g/mol. The van der Waals surface area contributed by atoms with Crippen LogP contribution < -0.4 is 9.62 Å². The van der Waals surface area contributed by atoms with Crippen LogP contribution in [-0.2, 0) is 10.0 Å². The number of aliphatic hydroxyl groups excluding tert-OH is 2. The molecule has 3 N–H and O–H groups in total. The Kier molecular flexibility index (Phi) is 7.35. The second kappa shape index (κ2) is 9.83. The van der Waals surface area contributed by atoms with Crippen LogP contribution in [0.15, 0.2) is 72.8 Å². The molecule has 3 aromatic carbocycles. The molecule has 32 heavy (non-hydrogen) atoms. The Morgan fingerprint density at radius 3 is 1.97 bits per heavy atom. The van der Waals surface area contributed by atoms with Gasteiger partial charge in [0.1, 0.15) is 0 Å². The Hall–Kier alpha value is -2.72. The number of rotatable bonds is 7. The number of nitrogens with zero attached hydrogens (tertiary/aromatic N) is 2. The van der Waals surface area contributed by atoms with Gasteiger partial charge in [0, 0.05) is 16.5 Å². The largest absolute Gasteiger partial charge is 0.394 e. The number of benzene rings is 3. The van der Waals surface area contributed by atoms with Crippen LogP contribution in [-0.4, -0.2) is 49.1 Å². The van der Waals surface area contributed by atoms with E-state index in [0.717, 1.165) is 43.7 Å². The summed E-state index contributed by atoms with van der Waals surface area (Å²) in [7, 11) is -3.62. The van der Waals surface area contributed by atoms with E-state index in [4.69, 9.17) is 10.1 Å². The molecule has 0 aliphatic heterocycles.